The summed E-state index contributed by atoms with van der Waals surface area (Å²) < 4.78 is 0. The van der Waals surface area contributed by atoms with Gasteiger partial charge in [-0.3, -0.25) is 4.98 Å². The predicted molar refractivity (Wildman–Crippen MR) is 182 cm³/mol. The molecule has 0 saturated carbocycles. The second-order valence-corrected chi connectivity index (χ2v) is 10.9. The second-order valence-electron chi connectivity index (χ2n) is 10.9. The molecule has 206 valence electrons. The van der Waals surface area contributed by atoms with Crippen molar-refractivity contribution in [2.75, 3.05) is 0 Å². The Morgan fingerprint density at radius 2 is 1.05 bits per heavy atom. The Morgan fingerprint density at radius 1 is 0.386 bits per heavy atom. The van der Waals surface area contributed by atoms with E-state index < -0.39 is 0 Å². The highest BCUT2D eigenvalue weighted by molar-refractivity contribution is 6.09. The van der Waals surface area contributed by atoms with E-state index in [4.69, 9.17) is 9.97 Å². The summed E-state index contributed by atoms with van der Waals surface area (Å²) in [5.41, 5.74) is 10.9. The van der Waals surface area contributed by atoms with Crippen molar-refractivity contribution in [1.29, 1.82) is 0 Å². The zero-order valence-corrected chi connectivity index (χ0v) is 23.9. The maximum Gasteiger partial charge on any atom is 0.160 e. The van der Waals surface area contributed by atoms with Crippen LogP contribution in [0.25, 0.3) is 77.7 Å². The van der Waals surface area contributed by atoms with E-state index in [-0.39, 0.29) is 0 Å². The molecule has 0 aliphatic rings. The zero-order chi connectivity index (χ0) is 29.3. The Balaban J connectivity index is 1.26. The molecule has 0 amide bonds. The van der Waals surface area contributed by atoms with Crippen molar-refractivity contribution in [2.45, 2.75) is 0 Å². The van der Waals surface area contributed by atoms with Crippen LogP contribution in [0.15, 0.2) is 164 Å². The Kier molecular flexibility index (Phi) is 6.47. The molecule has 3 nitrogen and oxygen atoms in total. The van der Waals surface area contributed by atoms with Crippen molar-refractivity contribution in [3.8, 4) is 56.0 Å². The lowest BCUT2D eigenvalue weighted by Gasteiger charge is -2.14. The molecule has 0 N–H and O–H groups in total. The molecule has 0 unspecified atom stereocenters. The molecule has 0 saturated heterocycles. The number of hydrogen-bond acceptors (Lipinski definition) is 3. The SMILES string of the molecule is c1ccc(-c2ccc(-c3ccc(-c4nc(-c5cccnc5)c5ccc6ccccc6c5n4)cc3)c(-c3ccccc3)c2)cc1. The van der Waals surface area contributed by atoms with Gasteiger partial charge in [-0.15, -0.1) is 0 Å². The third kappa shape index (κ3) is 4.71. The van der Waals surface area contributed by atoms with E-state index in [1.807, 2.05) is 12.3 Å². The monoisotopic (exact) mass is 561 g/mol. The number of pyridine rings is 1. The lowest BCUT2D eigenvalue weighted by atomic mass is 9.91. The van der Waals surface area contributed by atoms with Crippen LogP contribution in [0.2, 0.25) is 0 Å². The molecule has 0 fully saturated rings. The third-order valence-corrected chi connectivity index (χ3v) is 8.19. The molecule has 0 radical (unpaired) electrons. The van der Waals surface area contributed by atoms with Crippen molar-refractivity contribution in [1.82, 2.24) is 15.0 Å². The maximum absolute atomic E-state index is 5.14. The van der Waals surface area contributed by atoms with Gasteiger partial charge in [-0.25, -0.2) is 9.97 Å². The van der Waals surface area contributed by atoms with Crippen LogP contribution in [0.4, 0.5) is 0 Å². The Hall–Kier alpha value is -5.93. The fraction of sp³-hybridized carbons (Fsp3) is 0. The first-order valence-corrected chi connectivity index (χ1v) is 14.8. The summed E-state index contributed by atoms with van der Waals surface area (Å²) in [6, 6.07) is 53.2. The van der Waals surface area contributed by atoms with Gasteiger partial charge < -0.3 is 0 Å². The standard InChI is InChI=1S/C41H27N3/c1-3-10-28(11-4-1)33-22-23-35(38(26-33)29-12-5-2-6-13-29)31-17-19-32(20-18-31)41-43-39(34-15-9-25-42-27-34)37-24-21-30-14-7-8-16-36(30)40(37)44-41/h1-27H. The zero-order valence-electron chi connectivity index (χ0n) is 23.9. The van der Waals surface area contributed by atoms with Gasteiger partial charge in [0, 0.05) is 34.3 Å². The van der Waals surface area contributed by atoms with Gasteiger partial charge in [0.1, 0.15) is 0 Å². The fourth-order valence-electron chi connectivity index (χ4n) is 5.98. The van der Waals surface area contributed by atoms with E-state index in [2.05, 4.69) is 151 Å². The van der Waals surface area contributed by atoms with Gasteiger partial charge in [0.2, 0.25) is 0 Å². The lowest BCUT2D eigenvalue weighted by molar-refractivity contribution is 1.22. The van der Waals surface area contributed by atoms with Crippen LogP contribution in [-0.4, -0.2) is 15.0 Å². The number of hydrogen-bond donors (Lipinski definition) is 0. The molecule has 2 heterocycles. The quantitative estimate of drug-likeness (QED) is 0.196. The van der Waals surface area contributed by atoms with E-state index in [0.29, 0.717) is 5.82 Å². The molecular weight excluding hydrogens is 534 g/mol. The predicted octanol–water partition coefficient (Wildman–Crippen LogP) is 10.5. The first-order valence-electron chi connectivity index (χ1n) is 14.8. The van der Waals surface area contributed by atoms with Crippen molar-refractivity contribution >= 4 is 21.7 Å². The van der Waals surface area contributed by atoms with E-state index in [1.165, 1.54) is 27.8 Å². The minimum atomic E-state index is 0.696. The first kappa shape index (κ1) is 25.8. The summed E-state index contributed by atoms with van der Waals surface area (Å²) in [4.78, 5) is 14.6. The third-order valence-electron chi connectivity index (χ3n) is 8.19. The number of rotatable bonds is 5. The summed E-state index contributed by atoms with van der Waals surface area (Å²) in [6.45, 7) is 0. The van der Waals surface area contributed by atoms with Crippen molar-refractivity contribution < 1.29 is 0 Å². The number of benzene rings is 6. The molecule has 0 spiro atoms. The molecule has 3 heteroatoms. The fourth-order valence-corrected chi connectivity index (χ4v) is 5.98. The maximum atomic E-state index is 5.14. The summed E-state index contributed by atoms with van der Waals surface area (Å²) >= 11 is 0. The minimum Gasteiger partial charge on any atom is -0.264 e. The van der Waals surface area contributed by atoms with Gasteiger partial charge in [-0.05, 0) is 63.0 Å². The molecule has 44 heavy (non-hydrogen) atoms. The van der Waals surface area contributed by atoms with Crippen LogP contribution in [-0.2, 0) is 0 Å². The van der Waals surface area contributed by atoms with Crippen LogP contribution < -0.4 is 0 Å². The van der Waals surface area contributed by atoms with Crippen LogP contribution in [0.5, 0.6) is 0 Å². The van der Waals surface area contributed by atoms with Crippen LogP contribution in [0, 0.1) is 0 Å². The van der Waals surface area contributed by atoms with E-state index in [9.17, 15) is 0 Å². The van der Waals surface area contributed by atoms with E-state index in [0.717, 1.165) is 44.1 Å². The summed E-state index contributed by atoms with van der Waals surface area (Å²) in [5, 5.41) is 3.29. The van der Waals surface area contributed by atoms with Gasteiger partial charge >= 0.3 is 0 Å². The second kappa shape index (κ2) is 11.0. The topological polar surface area (TPSA) is 38.7 Å². The van der Waals surface area contributed by atoms with Crippen LogP contribution in [0.3, 0.4) is 0 Å². The average molecular weight is 562 g/mol. The summed E-state index contributed by atoms with van der Waals surface area (Å²) in [5.74, 6) is 0.696. The summed E-state index contributed by atoms with van der Waals surface area (Å²) in [6.07, 6.45) is 3.66. The highest BCUT2D eigenvalue weighted by Crippen LogP contribution is 2.37. The highest BCUT2D eigenvalue weighted by Gasteiger charge is 2.15. The smallest absolute Gasteiger partial charge is 0.160 e. The summed E-state index contributed by atoms with van der Waals surface area (Å²) in [7, 11) is 0. The van der Waals surface area contributed by atoms with Crippen LogP contribution >= 0.6 is 0 Å². The molecule has 0 aliphatic carbocycles. The molecule has 2 aromatic heterocycles. The van der Waals surface area contributed by atoms with Crippen LogP contribution in [0.1, 0.15) is 0 Å². The Morgan fingerprint density at radius 3 is 1.82 bits per heavy atom. The Labute approximate surface area is 256 Å². The van der Waals surface area contributed by atoms with E-state index >= 15 is 0 Å². The van der Waals surface area contributed by atoms with Gasteiger partial charge in [0.25, 0.3) is 0 Å². The molecule has 8 rings (SSSR count). The number of aromatic nitrogens is 3. The highest BCUT2D eigenvalue weighted by atomic mass is 14.9. The number of nitrogens with zero attached hydrogens (tertiary/aromatic N) is 3. The Bertz CT molecular complexity index is 2240. The van der Waals surface area contributed by atoms with Crippen molar-refractivity contribution in [3.63, 3.8) is 0 Å². The molecule has 6 aromatic carbocycles. The molecule has 0 aliphatic heterocycles. The molecule has 0 atom stereocenters. The minimum absolute atomic E-state index is 0.696. The first-order chi connectivity index (χ1) is 21.8. The average Bonchev–Trinajstić information content (AvgIpc) is 3.12. The van der Waals surface area contributed by atoms with Gasteiger partial charge in [0.05, 0.1) is 11.2 Å². The van der Waals surface area contributed by atoms with Crippen molar-refractivity contribution in [2.24, 2.45) is 0 Å². The van der Waals surface area contributed by atoms with E-state index in [1.54, 1.807) is 6.20 Å². The molecule has 8 aromatic rings. The van der Waals surface area contributed by atoms with Gasteiger partial charge in [0.15, 0.2) is 5.82 Å². The van der Waals surface area contributed by atoms with Gasteiger partial charge in [-0.2, -0.15) is 0 Å². The van der Waals surface area contributed by atoms with Crippen molar-refractivity contribution in [3.05, 3.63) is 164 Å². The largest absolute Gasteiger partial charge is 0.264 e. The number of fused-ring (bicyclic) bond motifs is 3. The molecular formula is C41H27N3. The molecule has 0 bridgehead atoms. The lowest BCUT2D eigenvalue weighted by Crippen LogP contribution is -1.96. The van der Waals surface area contributed by atoms with Gasteiger partial charge in [-0.1, -0.05) is 127 Å². The normalized spacial score (nSPS) is 11.2.